The first-order valence-electron chi connectivity index (χ1n) is 7.08. The predicted molar refractivity (Wildman–Crippen MR) is 81.6 cm³/mol. The minimum absolute atomic E-state index is 0.569. The van der Waals surface area contributed by atoms with Crippen LogP contribution in [0.3, 0.4) is 0 Å². The summed E-state index contributed by atoms with van der Waals surface area (Å²) < 4.78 is 5.38. The number of likely N-dealkylation sites (N-methyl/N-ethyl adjacent to an activating group) is 1. The summed E-state index contributed by atoms with van der Waals surface area (Å²) in [6.07, 6.45) is 0. The Labute approximate surface area is 118 Å². The van der Waals surface area contributed by atoms with Crippen LogP contribution >= 0.6 is 0 Å². The molecule has 1 aromatic rings. The van der Waals surface area contributed by atoms with E-state index in [0.29, 0.717) is 12.0 Å². The molecule has 0 saturated carbocycles. The molecule has 1 N–H and O–H groups in total. The van der Waals surface area contributed by atoms with Crippen LogP contribution < -0.4 is 10.1 Å². The van der Waals surface area contributed by atoms with Gasteiger partial charge in [-0.15, -0.1) is 0 Å². The maximum Gasteiger partial charge on any atom is 0.123 e. The summed E-state index contributed by atoms with van der Waals surface area (Å²) in [5, 5.41) is 3.55. The summed E-state index contributed by atoms with van der Waals surface area (Å²) in [7, 11) is 3.87. The minimum Gasteiger partial charge on any atom is -0.496 e. The van der Waals surface area contributed by atoms with E-state index < -0.39 is 0 Å². The van der Waals surface area contributed by atoms with Gasteiger partial charge >= 0.3 is 0 Å². The fourth-order valence-electron chi connectivity index (χ4n) is 1.92. The summed E-state index contributed by atoms with van der Waals surface area (Å²) in [4.78, 5) is 2.32. The van der Waals surface area contributed by atoms with Crippen LogP contribution in [0.2, 0.25) is 0 Å². The number of nitrogens with zero attached hydrogens (tertiary/aromatic N) is 1. The standard InChI is InChI=1S/C16H28N2O/c1-13(2)14(3)17-10-11-18(4)12-15-8-6-7-9-16(15)19-5/h6-9,13-14,17H,10-12H2,1-5H3. The first kappa shape index (κ1) is 16.0. The summed E-state index contributed by atoms with van der Waals surface area (Å²) in [6, 6.07) is 8.78. The van der Waals surface area contributed by atoms with E-state index >= 15 is 0 Å². The lowest BCUT2D eigenvalue weighted by Crippen LogP contribution is -2.36. The largest absolute Gasteiger partial charge is 0.496 e. The number of hydrogen-bond donors (Lipinski definition) is 1. The molecular formula is C16H28N2O. The number of para-hydroxylation sites is 1. The van der Waals surface area contributed by atoms with E-state index in [1.54, 1.807) is 7.11 Å². The smallest absolute Gasteiger partial charge is 0.123 e. The van der Waals surface area contributed by atoms with Gasteiger partial charge in [0.25, 0.3) is 0 Å². The molecule has 0 aliphatic heterocycles. The van der Waals surface area contributed by atoms with Gasteiger partial charge in [0.05, 0.1) is 7.11 Å². The van der Waals surface area contributed by atoms with E-state index in [1.165, 1.54) is 5.56 Å². The highest BCUT2D eigenvalue weighted by Crippen LogP contribution is 2.18. The van der Waals surface area contributed by atoms with Crippen molar-refractivity contribution in [3.05, 3.63) is 29.8 Å². The number of methoxy groups -OCH3 is 1. The van der Waals surface area contributed by atoms with E-state index in [-0.39, 0.29) is 0 Å². The molecule has 3 heteroatoms. The van der Waals surface area contributed by atoms with Crippen LogP contribution in [0.1, 0.15) is 26.3 Å². The van der Waals surface area contributed by atoms with Crippen LogP contribution in [-0.4, -0.2) is 38.2 Å². The average molecular weight is 264 g/mol. The van der Waals surface area contributed by atoms with Gasteiger partial charge in [0.15, 0.2) is 0 Å². The molecule has 1 rings (SSSR count). The quantitative estimate of drug-likeness (QED) is 0.781. The molecule has 0 aliphatic carbocycles. The van der Waals surface area contributed by atoms with Crippen molar-refractivity contribution in [3.8, 4) is 5.75 Å². The molecule has 0 aromatic heterocycles. The second kappa shape index (κ2) is 8.18. The van der Waals surface area contributed by atoms with Crippen molar-refractivity contribution in [2.75, 3.05) is 27.2 Å². The fraction of sp³-hybridized carbons (Fsp3) is 0.625. The number of nitrogens with one attached hydrogen (secondary N) is 1. The Balaban J connectivity index is 2.36. The lowest BCUT2D eigenvalue weighted by Gasteiger charge is -2.22. The zero-order valence-electron chi connectivity index (χ0n) is 12.9. The molecule has 0 aliphatic rings. The third-order valence-corrected chi connectivity index (χ3v) is 3.59. The maximum atomic E-state index is 5.38. The highest BCUT2D eigenvalue weighted by molar-refractivity contribution is 5.32. The highest BCUT2D eigenvalue weighted by Gasteiger charge is 2.08. The van der Waals surface area contributed by atoms with Crippen molar-refractivity contribution in [3.63, 3.8) is 0 Å². The van der Waals surface area contributed by atoms with Gasteiger partial charge in [-0.05, 0) is 26.0 Å². The topological polar surface area (TPSA) is 24.5 Å². The molecule has 19 heavy (non-hydrogen) atoms. The number of rotatable bonds is 8. The van der Waals surface area contributed by atoms with Crippen molar-refractivity contribution in [2.45, 2.75) is 33.4 Å². The van der Waals surface area contributed by atoms with Gasteiger partial charge in [0.2, 0.25) is 0 Å². The zero-order valence-corrected chi connectivity index (χ0v) is 12.9. The molecule has 108 valence electrons. The second-order valence-electron chi connectivity index (χ2n) is 5.54. The number of benzene rings is 1. The molecule has 1 unspecified atom stereocenters. The van der Waals surface area contributed by atoms with Gasteiger partial charge in [0, 0.05) is 31.2 Å². The first-order chi connectivity index (χ1) is 9.04. The Kier molecular flexibility index (Phi) is 6.89. The van der Waals surface area contributed by atoms with Crippen LogP contribution in [0.4, 0.5) is 0 Å². The SMILES string of the molecule is COc1ccccc1CN(C)CCNC(C)C(C)C. The van der Waals surface area contributed by atoms with Crippen molar-refractivity contribution in [1.82, 2.24) is 10.2 Å². The van der Waals surface area contributed by atoms with E-state index in [0.717, 1.165) is 25.4 Å². The summed E-state index contributed by atoms with van der Waals surface area (Å²) in [5.74, 6) is 1.65. The molecule has 0 spiro atoms. The Morgan fingerprint density at radius 1 is 1.21 bits per heavy atom. The second-order valence-corrected chi connectivity index (χ2v) is 5.54. The van der Waals surface area contributed by atoms with Crippen LogP contribution in [0, 0.1) is 5.92 Å². The highest BCUT2D eigenvalue weighted by atomic mass is 16.5. The van der Waals surface area contributed by atoms with Gasteiger partial charge in [-0.2, -0.15) is 0 Å². The van der Waals surface area contributed by atoms with Gasteiger partial charge in [0.1, 0.15) is 5.75 Å². The van der Waals surface area contributed by atoms with Crippen LogP contribution in [0.5, 0.6) is 5.75 Å². The average Bonchev–Trinajstić information content (AvgIpc) is 2.39. The first-order valence-corrected chi connectivity index (χ1v) is 7.08. The lowest BCUT2D eigenvalue weighted by molar-refractivity contribution is 0.302. The Hall–Kier alpha value is -1.06. The molecule has 0 heterocycles. The third-order valence-electron chi connectivity index (χ3n) is 3.59. The van der Waals surface area contributed by atoms with E-state index in [4.69, 9.17) is 4.74 Å². The molecule has 0 radical (unpaired) electrons. The normalized spacial score (nSPS) is 13.0. The molecule has 0 fully saturated rings. The number of ether oxygens (including phenoxy) is 1. The summed E-state index contributed by atoms with van der Waals surface area (Å²) in [5.41, 5.74) is 1.24. The van der Waals surface area contributed by atoms with Crippen LogP contribution in [0.25, 0.3) is 0 Å². The van der Waals surface area contributed by atoms with Crippen molar-refractivity contribution in [2.24, 2.45) is 5.92 Å². The van der Waals surface area contributed by atoms with Gasteiger partial charge in [-0.3, -0.25) is 0 Å². The van der Waals surface area contributed by atoms with E-state index in [2.05, 4.69) is 50.2 Å². The number of hydrogen-bond acceptors (Lipinski definition) is 3. The van der Waals surface area contributed by atoms with Gasteiger partial charge in [-0.1, -0.05) is 32.0 Å². The molecule has 3 nitrogen and oxygen atoms in total. The van der Waals surface area contributed by atoms with Crippen LogP contribution in [-0.2, 0) is 6.54 Å². The lowest BCUT2D eigenvalue weighted by atomic mass is 10.1. The third kappa shape index (κ3) is 5.62. The Morgan fingerprint density at radius 2 is 1.89 bits per heavy atom. The monoisotopic (exact) mass is 264 g/mol. The predicted octanol–water partition coefficient (Wildman–Crippen LogP) is 2.76. The molecular weight excluding hydrogens is 236 g/mol. The molecule has 0 amide bonds. The van der Waals surface area contributed by atoms with Gasteiger partial charge < -0.3 is 15.0 Å². The maximum absolute atomic E-state index is 5.38. The molecule has 1 atom stereocenters. The minimum atomic E-state index is 0.569. The van der Waals surface area contributed by atoms with Crippen molar-refractivity contribution >= 4 is 0 Å². The zero-order chi connectivity index (χ0) is 14.3. The Morgan fingerprint density at radius 3 is 2.53 bits per heavy atom. The summed E-state index contributed by atoms with van der Waals surface area (Å²) in [6.45, 7) is 9.71. The van der Waals surface area contributed by atoms with Crippen LogP contribution in [0.15, 0.2) is 24.3 Å². The van der Waals surface area contributed by atoms with Crippen molar-refractivity contribution in [1.29, 1.82) is 0 Å². The van der Waals surface area contributed by atoms with Gasteiger partial charge in [-0.25, -0.2) is 0 Å². The van der Waals surface area contributed by atoms with Crippen molar-refractivity contribution < 1.29 is 4.74 Å². The fourth-order valence-corrected chi connectivity index (χ4v) is 1.92. The molecule has 0 saturated heterocycles. The van der Waals surface area contributed by atoms with E-state index in [9.17, 15) is 0 Å². The molecule has 1 aromatic carbocycles. The van der Waals surface area contributed by atoms with E-state index in [1.807, 2.05) is 12.1 Å². The summed E-state index contributed by atoms with van der Waals surface area (Å²) >= 11 is 0. The molecule has 0 bridgehead atoms. The Bertz CT molecular complexity index is 366.